The van der Waals surface area contributed by atoms with Crippen LogP contribution in [-0.2, 0) is 20.2 Å². The van der Waals surface area contributed by atoms with Gasteiger partial charge in [-0.3, -0.25) is 9.11 Å². The van der Waals surface area contributed by atoms with E-state index in [1.807, 2.05) is 0 Å². The molecule has 0 aliphatic carbocycles. The van der Waals surface area contributed by atoms with Crippen LogP contribution in [0.3, 0.4) is 0 Å². The first-order valence-electron chi connectivity index (χ1n) is 3.82. The number of hydrogen-bond acceptors (Lipinski definition) is 5. The monoisotopic (exact) mass is 292 g/mol. The Balaban J connectivity index is 0.00000256. The van der Waals surface area contributed by atoms with Gasteiger partial charge in [-0.25, -0.2) is 0 Å². The Hall–Kier alpha value is -0.160. The van der Waals surface area contributed by atoms with Crippen molar-refractivity contribution < 1.29 is 31.0 Å². The summed E-state index contributed by atoms with van der Waals surface area (Å²) in [6.07, 6.45) is 0. The zero-order valence-corrected chi connectivity index (χ0v) is 9.58. The van der Waals surface area contributed by atoms with E-state index in [2.05, 4.69) is 0 Å². The molecule has 0 heterocycles. The SMILES string of the molecule is Cc1c(S(=O)(=O)O)ccc(O)c1S(=O)(=O)O.[NaH]. The van der Waals surface area contributed by atoms with Crippen LogP contribution in [0, 0.1) is 6.92 Å². The van der Waals surface area contributed by atoms with E-state index in [-0.39, 0.29) is 29.6 Å². The van der Waals surface area contributed by atoms with Gasteiger partial charge in [-0.2, -0.15) is 16.8 Å². The minimum atomic E-state index is -4.77. The molecule has 0 radical (unpaired) electrons. The molecule has 3 N–H and O–H groups in total. The minimum absolute atomic E-state index is 0. The zero-order chi connectivity index (χ0) is 12.7. The van der Waals surface area contributed by atoms with Gasteiger partial charge in [0.1, 0.15) is 10.6 Å². The van der Waals surface area contributed by atoms with Crippen molar-refractivity contribution in [3.8, 4) is 5.75 Å². The van der Waals surface area contributed by atoms with Gasteiger partial charge in [-0.05, 0) is 24.6 Å². The fraction of sp³-hybridized carbons (Fsp3) is 0.143. The predicted molar refractivity (Wildman–Crippen MR) is 59.6 cm³/mol. The summed E-state index contributed by atoms with van der Waals surface area (Å²) in [4.78, 5) is -1.64. The molecule has 92 valence electrons. The Morgan fingerprint density at radius 3 is 1.82 bits per heavy atom. The third-order valence-electron chi connectivity index (χ3n) is 1.87. The van der Waals surface area contributed by atoms with Crippen molar-refractivity contribution in [3.63, 3.8) is 0 Å². The van der Waals surface area contributed by atoms with E-state index in [0.717, 1.165) is 19.1 Å². The molecule has 0 bridgehead atoms. The Morgan fingerprint density at radius 2 is 1.47 bits per heavy atom. The summed E-state index contributed by atoms with van der Waals surface area (Å²) in [5.41, 5.74) is -0.454. The van der Waals surface area contributed by atoms with Crippen LogP contribution >= 0.6 is 0 Å². The van der Waals surface area contributed by atoms with Gasteiger partial charge in [0.25, 0.3) is 20.2 Å². The van der Waals surface area contributed by atoms with Crippen LogP contribution < -0.4 is 0 Å². The zero-order valence-electron chi connectivity index (χ0n) is 7.95. The van der Waals surface area contributed by atoms with E-state index >= 15 is 0 Å². The average Bonchev–Trinajstić information content (AvgIpc) is 1.97. The van der Waals surface area contributed by atoms with Crippen LogP contribution in [-0.4, -0.2) is 60.6 Å². The molecule has 0 saturated carbocycles. The number of phenolic OH excluding ortho intramolecular Hbond substituents is 1. The van der Waals surface area contributed by atoms with Gasteiger partial charge in [0.15, 0.2) is 0 Å². The Labute approximate surface area is 120 Å². The van der Waals surface area contributed by atoms with Gasteiger partial charge in [-0.15, -0.1) is 0 Å². The van der Waals surface area contributed by atoms with E-state index in [1.54, 1.807) is 0 Å². The van der Waals surface area contributed by atoms with Crippen LogP contribution in [0.15, 0.2) is 21.9 Å². The summed E-state index contributed by atoms with van der Waals surface area (Å²) < 4.78 is 61.0. The van der Waals surface area contributed by atoms with E-state index in [9.17, 15) is 21.9 Å². The molecule has 0 aromatic heterocycles. The van der Waals surface area contributed by atoms with Crippen LogP contribution in [0.5, 0.6) is 5.75 Å². The van der Waals surface area contributed by atoms with E-state index in [0.29, 0.717) is 0 Å². The van der Waals surface area contributed by atoms with Gasteiger partial charge in [0.2, 0.25) is 0 Å². The van der Waals surface area contributed by atoms with Crippen LogP contribution in [0.25, 0.3) is 0 Å². The molecule has 10 heteroatoms. The van der Waals surface area contributed by atoms with Gasteiger partial charge >= 0.3 is 29.6 Å². The van der Waals surface area contributed by atoms with E-state index < -0.39 is 41.3 Å². The predicted octanol–water partition coefficient (Wildman–Crippen LogP) is -0.454. The van der Waals surface area contributed by atoms with Gasteiger partial charge < -0.3 is 5.11 Å². The van der Waals surface area contributed by atoms with Crippen molar-refractivity contribution in [2.75, 3.05) is 0 Å². The summed E-state index contributed by atoms with van der Waals surface area (Å²) in [7, 11) is -9.39. The third kappa shape index (κ3) is 3.65. The van der Waals surface area contributed by atoms with Crippen molar-refractivity contribution in [3.05, 3.63) is 17.7 Å². The molecule has 0 saturated heterocycles. The third-order valence-corrected chi connectivity index (χ3v) is 3.90. The van der Waals surface area contributed by atoms with Crippen molar-refractivity contribution in [1.82, 2.24) is 0 Å². The molecule has 0 unspecified atom stereocenters. The summed E-state index contributed by atoms with van der Waals surface area (Å²) >= 11 is 0. The molecule has 0 aliphatic rings. The molecule has 0 amide bonds. The second kappa shape index (κ2) is 5.22. The van der Waals surface area contributed by atoms with Crippen LogP contribution in [0.1, 0.15) is 5.56 Å². The number of phenols is 1. The molecule has 0 fully saturated rings. The fourth-order valence-electron chi connectivity index (χ4n) is 1.26. The summed E-state index contributed by atoms with van der Waals surface area (Å²) in [5.74, 6) is -0.799. The first-order valence-corrected chi connectivity index (χ1v) is 6.70. The van der Waals surface area contributed by atoms with Crippen molar-refractivity contribution >= 4 is 49.8 Å². The Kier molecular flexibility index (Phi) is 5.18. The maximum absolute atomic E-state index is 10.9. The number of benzene rings is 1. The summed E-state index contributed by atoms with van der Waals surface area (Å²) in [6, 6.07) is 1.58. The molecular weight excluding hydrogens is 283 g/mol. The summed E-state index contributed by atoms with van der Waals surface area (Å²) in [5, 5.41) is 9.20. The fourth-order valence-corrected chi connectivity index (χ4v) is 2.89. The molecule has 7 nitrogen and oxygen atoms in total. The molecule has 1 aromatic rings. The van der Waals surface area contributed by atoms with E-state index in [4.69, 9.17) is 9.11 Å². The Bertz CT molecular complexity index is 632. The van der Waals surface area contributed by atoms with E-state index in [1.165, 1.54) is 0 Å². The summed E-state index contributed by atoms with van der Waals surface area (Å²) in [6.45, 7) is 1.03. The number of rotatable bonds is 2. The van der Waals surface area contributed by atoms with Gasteiger partial charge in [0, 0.05) is 0 Å². The maximum atomic E-state index is 10.9. The van der Waals surface area contributed by atoms with Crippen molar-refractivity contribution in [2.45, 2.75) is 16.7 Å². The number of aromatic hydroxyl groups is 1. The quantitative estimate of drug-likeness (QED) is 0.497. The molecule has 0 atom stereocenters. The first kappa shape index (κ1) is 16.8. The molecular formula is C7H9NaO7S2. The normalized spacial score (nSPS) is 11.9. The molecule has 0 aliphatic heterocycles. The second-order valence-corrected chi connectivity index (χ2v) is 5.74. The average molecular weight is 292 g/mol. The van der Waals surface area contributed by atoms with Crippen molar-refractivity contribution in [2.24, 2.45) is 0 Å². The molecule has 0 spiro atoms. The van der Waals surface area contributed by atoms with Crippen LogP contribution in [0.4, 0.5) is 0 Å². The molecule has 17 heavy (non-hydrogen) atoms. The molecule has 1 rings (SSSR count). The van der Waals surface area contributed by atoms with Crippen molar-refractivity contribution in [1.29, 1.82) is 0 Å². The van der Waals surface area contributed by atoms with Gasteiger partial charge in [-0.1, -0.05) is 0 Å². The Morgan fingerprint density at radius 1 is 1.00 bits per heavy atom. The first-order chi connectivity index (χ1) is 7.05. The number of hydrogen-bond donors (Lipinski definition) is 3. The molecule has 1 aromatic carbocycles. The van der Waals surface area contributed by atoms with Gasteiger partial charge in [0.05, 0.1) is 4.90 Å². The standard InChI is InChI=1S/C7H8O7S2.Na.H/c1-4-6(15(9,10)11)3-2-5(8)7(4)16(12,13)14;;/h2-3,8H,1H3,(H,9,10,11)(H,12,13,14);;. The topological polar surface area (TPSA) is 129 Å². The van der Waals surface area contributed by atoms with Crippen LogP contribution in [0.2, 0.25) is 0 Å². The second-order valence-electron chi connectivity index (χ2n) is 2.99.